The van der Waals surface area contributed by atoms with E-state index in [2.05, 4.69) is 65.0 Å². The molecule has 0 amide bonds. The summed E-state index contributed by atoms with van der Waals surface area (Å²) in [6.45, 7) is 10.9. The van der Waals surface area contributed by atoms with Crippen LogP contribution in [0.3, 0.4) is 0 Å². The molecule has 102 valence electrons. The predicted octanol–water partition coefficient (Wildman–Crippen LogP) is 5.50. The summed E-state index contributed by atoms with van der Waals surface area (Å²) in [6.07, 6.45) is 6.68. The second-order valence-electron chi connectivity index (χ2n) is 5.99. The van der Waals surface area contributed by atoms with Gasteiger partial charge in [0.25, 0.3) is 0 Å². The van der Waals surface area contributed by atoms with Crippen molar-refractivity contribution in [3.05, 3.63) is 47.2 Å². The molecule has 0 fully saturated rings. The van der Waals surface area contributed by atoms with Crippen molar-refractivity contribution in [2.45, 2.75) is 47.5 Å². The molecule has 2 rings (SSSR count). The normalized spacial score (nSPS) is 16.9. The smallest absolute Gasteiger partial charge is 0.134 e. The lowest BCUT2D eigenvalue weighted by molar-refractivity contribution is 0.255. The molecule has 0 radical (unpaired) electrons. The van der Waals surface area contributed by atoms with Crippen LogP contribution >= 0.6 is 0 Å². The largest absolute Gasteiger partial charge is 0.460 e. The first-order chi connectivity index (χ1) is 8.97. The average Bonchev–Trinajstić information content (AvgIpc) is 2.37. The third-order valence-electron chi connectivity index (χ3n) is 3.81. The first-order valence-electron chi connectivity index (χ1n) is 7.15. The molecule has 0 unspecified atom stereocenters. The van der Waals surface area contributed by atoms with Gasteiger partial charge in [-0.05, 0) is 44.1 Å². The van der Waals surface area contributed by atoms with Crippen molar-refractivity contribution in [1.82, 2.24) is 0 Å². The van der Waals surface area contributed by atoms with Gasteiger partial charge in [-0.2, -0.15) is 0 Å². The van der Waals surface area contributed by atoms with Crippen LogP contribution in [0.1, 0.15) is 51.7 Å². The van der Waals surface area contributed by atoms with Gasteiger partial charge < -0.3 is 4.74 Å². The molecule has 0 aliphatic carbocycles. The maximum absolute atomic E-state index is 6.16. The lowest BCUT2D eigenvalue weighted by atomic mass is 9.83. The Balaban J connectivity index is 2.44. The molecule has 1 aliphatic rings. The average molecular weight is 256 g/mol. The molecule has 1 heteroatoms. The van der Waals surface area contributed by atoms with E-state index in [0.29, 0.717) is 0 Å². The molecular formula is C18H24O. The first-order valence-corrected chi connectivity index (χ1v) is 7.15. The summed E-state index contributed by atoms with van der Waals surface area (Å²) >= 11 is 0. The fourth-order valence-electron chi connectivity index (χ4n) is 2.65. The van der Waals surface area contributed by atoms with Crippen LogP contribution in [-0.2, 0) is 0 Å². The summed E-state index contributed by atoms with van der Waals surface area (Å²) in [6, 6.07) is 6.40. The molecule has 1 aromatic rings. The number of rotatable bonds is 3. The molecule has 0 saturated heterocycles. The number of benzene rings is 1. The van der Waals surface area contributed by atoms with Gasteiger partial charge in [-0.25, -0.2) is 0 Å². The molecule has 0 aromatic heterocycles. The van der Waals surface area contributed by atoms with Crippen molar-refractivity contribution >= 4 is 5.57 Å². The topological polar surface area (TPSA) is 9.23 Å². The Hall–Kier alpha value is -1.50. The molecule has 0 atom stereocenters. The minimum atomic E-state index is 0.0889. The fraction of sp³-hybridized carbons (Fsp3) is 0.444. The Bertz CT molecular complexity index is 533. The van der Waals surface area contributed by atoms with Crippen LogP contribution in [-0.4, -0.2) is 0 Å². The lowest BCUT2D eigenvalue weighted by Crippen LogP contribution is -2.21. The monoisotopic (exact) mass is 256 g/mol. The van der Waals surface area contributed by atoms with E-state index in [4.69, 9.17) is 4.74 Å². The van der Waals surface area contributed by atoms with E-state index in [0.717, 1.165) is 17.9 Å². The van der Waals surface area contributed by atoms with Crippen LogP contribution in [0, 0.1) is 12.3 Å². The van der Waals surface area contributed by atoms with E-state index in [1.165, 1.54) is 23.1 Å². The molecule has 0 spiro atoms. The van der Waals surface area contributed by atoms with Crippen molar-refractivity contribution in [3.8, 4) is 5.75 Å². The highest BCUT2D eigenvalue weighted by atomic mass is 16.5. The van der Waals surface area contributed by atoms with Crippen LogP contribution in [0.2, 0.25) is 0 Å². The van der Waals surface area contributed by atoms with Gasteiger partial charge in [0.05, 0.1) is 0 Å². The van der Waals surface area contributed by atoms with E-state index >= 15 is 0 Å². The molecule has 0 saturated carbocycles. The zero-order chi connectivity index (χ0) is 14.0. The van der Waals surface area contributed by atoms with Gasteiger partial charge in [-0.1, -0.05) is 44.9 Å². The summed E-state index contributed by atoms with van der Waals surface area (Å²) in [5.41, 5.74) is 3.83. The maximum atomic E-state index is 6.16. The molecule has 19 heavy (non-hydrogen) atoms. The number of ether oxygens (including phenoxy) is 1. The minimum Gasteiger partial charge on any atom is -0.460 e. The number of hydrogen-bond donors (Lipinski definition) is 0. The predicted molar refractivity (Wildman–Crippen MR) is 82.2 cm³/mol. The molecular weight excluding hydrogens is 232 g/mol. The maximum Gasteiger partial charge on any atom is 0.134 e. The Morgan fingerprint density at radius 1 is 1.26 bits per heavy atom. The zero-order valence-corrected chi connectivity index (χ0v) is 12.7. The van der Waals surface area contributed by atoms with Crippen molar-refractivity contribution in [2.24, 2.45) is 5.41 Å². The van der Waals surface area contributed by atoms with E-state index < -0.39 is 0 Å². The van der Waals surface area contributed by atoms with E-state index in [1.807, 2.05) is 0 Å². The number of hydrogen-bond acceptors (Lipinski definition) is 1. The van der Waals surface area contributed by atoms with Gasteiger partial charge in [-0.15, -0.1) is 0 Å². The van der Waals surface area contributed by atoms with Crippen LogP contribution in [0.25, 0.3) is 5.57 Å². The van der Waals surface area contributed by atoms with Crippen molar-refractivity contribution in [1.29, 1.82) is 0 Å². The highest BCUT2D eigenvalue weighted by molar-refractivity contribution is 5.80. The van der Waals surface area contributed by atoms with Crippen LogP contribution in [0.4, 0.5) is 0 Å². The third-order valence-corrected chi connectivity index (χ3v) is 3.81. The van der Waals surface area contributed by atoms with E-state index in [1.54, 1.807) is 0 Å². The molecule has 1 nitrogen and oxygen atoms in total. The summed E-state index contributed by atoms with van der Waals surface area (Å²) in [5, 5.41) is 0. The van der Waals surface area contributed by atoms with Gasteiger partial charge >= 0.3 is 0 Å². The Morgan fingerprint density at radius 2 is 2.00 bits per heavy atom. The van der Waals surface area contributed by atoms with Gasteiger partial charge in [-0.3, -0.25) is 0 Å². The number of allylic oxidation sites excluding steroid dienone is 4. The van der Waals surface area contributed by atoms with E-state index in [-0.39, 0.29) is 5.41 Å². The van der Waals surface area contributed by atoms with Gasteiger partial charge in [0.1, 0.15) is 11.5 Å². The molecule has 0 bridgehead atoms. The van der Waals surface area contributed by atoms with Crippen LogP contribution in [0.5, 0.6) is 5.75 Å². The highest BCUT2D eigenvalue weighted by Gasteiger charge is 2.28. The minimum absolute atomic E-state index is 0.0889. The van der Waals surface area contributed by atoms with Crippen molar-refractivity contribution < 1.29 is 4.74 Å². The van der Waals surface area contributed by atoms with Crippen LogP contribution in [0.15, 0.2) is 36.1 Å². The van der Waals surface area contributed by atoms with Crippen LogP contribution < -0.4 is 4.74 Å². The summed E-state index contributed by atoms with van der Waals surface area (Å²) in [4.78, 5) is 0. The highest BCUT2D eigenvalue weighted by Crippen LogP contribution is 2.41. The number of fused-ring (bicyclic) bond motifs is 1. The third kappa shape index (κ3) is 2.75. The van der Waals surface area contributed by atoms with Gasteiger partial charge in [0, 0.05) is 11.0 Å². The summed E-state index contributed by atoms with van der Waals surface area (Å²) < 4.78 is 6.16. The SMILES string of the molecule is C/C=C1\C=C(C(C)(C)CCC)Oc2ccc(C)cc21. The van der Waals surface area contributed by atoms with Gasteiger partial charge in [0.2, 0.25) is 0 Å². The first kappa shape index (κ1) is 13.9. The van der Waals surface area contributed by atoms with Crippen molar-refractivity contribution in [3.63, 3.8) is 0 Å². The second-order valence-corrected chi connectivity index (χ2v) is 5.99. The Kier molecular flexibility index (Phi) is 3.84. The zero-order valence-electron chi connectivity index (χ0n) is 12.7. The molecule has 0 N–H and O–H groups in total. The number of aryl methyl sites for hydroxylation is 1. The standard InChI is InChI=1S/C18H24O/c1-6-10-18(4,5)17-12-14(7-2)15-11-13(3)8-9-16(15)19-17/h7-9,11-12H,6,10H2,1-5H3/b14-7+. The quantitative estimate of drug-likeness (QED) is 0.693. The lowest BCUT2D eigenvalue weighted by Gasteiger charge is -2.31. The second kappa shape index (κ2) is 5.24. The molecule has 1 aliphatic heterocycles. The molecule has 1 heterocycles. The Labute approximate surface area is 117 Å². The van der Waals surface area contributed by atoms with Gasteiger partial charge in [0.15, 0.2) is 0 Å². The summed E-state index contributed by atoms with van der Waals surface area (Å²) in [5.74, 6) is 2.07. The fourth-order valence-corrected chi connectivity index (χ4v) is 2.65. The van der Waals surface area contributed by atoms with Crippen molar-refractivity contribution in [2.75, 3.05) is 0 Å². The summed E-state index contributed by atoms with van der Waals surface area (Å²) in [7, 11) is 0. The van der Waals surface area contributed by atoms with E-state index in [9.17, 15) is 0 Å². The molecule has 1 aromatic carbocycles. The Morgan fingerprint density at radius 3 is 2.63 bits per heavy atom.